The van der Waals surface area contributed by atoms with Crippen molar-refractivity contribution in [1.29, 1.82) is 0 Å². The third kappa shape index (κ3) is 3.14. The van der Waals surface area contributed by atoms with Gasteiger partial charge in [0.1, 0.15) is 0 Å². The number of benzene rings is 3. The fraction of sp³-hybridized carbons (Fsp3) is 0.432. The van der Waals surface area contributed by atoms with Gasteiger partial charge in [0.25, 0.3) is 0 Å². The van der Waals surface area contributed by atoms with Crippen LogP contribution in [0.3, 0.4) is 0 Å². The summed E-state index contributed by atoms with van der Waals surface area (Å²) in [6, 6.07) is 21.4. The third-order valence-electron chi connectivity index (χ3n) is 10.5. The van der Waals surface area contributed by atoms with E-state index in [2.05, 4.69) is 110 Å². The molecule has 0 saturated heterocycles. The van der Waals surface area contributed by atoms with E-state index in [1.54, 1.807) is 11.1 Å². The fourth-order valence-electron chi connectivity index (χ4n) is 9.53. The molecule has 3 aliphatic carbocycles. The van der Waals surface area contributed by atoms with Crippen molar-refractivity contribution in [1.82, 2.24) is 4.98 Å². The minimum Gasteiger partial charge on any atom is -0.248 e. The zero-order chi connectivity index (χ0) is 26.8. The Labute approximate surface area is 228 Å². The Balaban J connectivity index is 1.52. The lowest BCUT2D eigenvalue weighted by Gasteiger charge is -2.48. The van der Waals surface area contributed by atoms with Crippen molar-refractivity contribution in [3.05, 3.63) is 88.0 Å². The molecule has 2 fully saturated rings. The van der Waals surface area contributed by atoms with Crippen molar-refractivity contribution < 1.29 is 0 Å². The minimum atomic E-state index is 0.201. The Kier molecular flexibility index (Phi) is 4.69. The molecule has 194 valence electrons. The van der Waals surface area contributed by atoms with Gasteiger partial charge in [0.15, 0.2) is 0 Å². The van der Waals surface area contributed by atoms with Crippen molar-refractivity contribution in [2.45, 2.75) is 91.9 Å². The van der Waals surface area contributed by atoms with Crippen molar-refractivity contribution >= 4 is 10.9 Å². The largest absolute Gasteiger partial charge is 0.248 e. The predicted molar refractivity (Wildman–Crippen MR) is 161 cm³/mol. The lowest BCUT2D eigenvalue weighted by molar-refractivity contribution is 0.264. The third-order valence-corrected chi connectivity index (χ3v) is 10.5. The number of aryl methyl sites for hydroxylation is 4. The average Bonchev–Trinajstić information content (AvgIpc) is 3.19. The summed E-state index contributed by atoms with van der Waals surface area (Å²) in [4.78, 5) is 5.18. The molecular formula is C37H41N. The zero-order valence-electron chi connectivity index (χ0n) is 24.5. The van der Waals surface area contributed by atoms with E-state index in [1.165, 1.54) is 70.0 Å². The number of nitrogens with zero attached hydrogens (tertiary/aromatic N) is 1. The second kappa shape index (κ2) is 7.38. The maximum Gasteiger partial charge on any atom is 0.0714 e. The first-order valence-corrected chi connectivity index (χ1v) is 14.5. The summed E-state index contributed by atoms with van der Waals surface area (Å²) in [7, 11) is 0. The monoisotopic (exact) mass is 499 g/mol. The van der Waals surface area contributed by atoms with Gasteiger partial charge in [-0.1, -0.05) is 64.1 Å². The molecule has 0 amide bonds. The highest BCUT2D eigenvalue weighted by atomic mass is 14.7. The molecular weight excluding hydrogens is 458 g/mol. The molecule has 0 aliphatic heterocycles. The lowest BCUT2D eigenvalue weighted by atomic mass is 9.55. The molecule has 3 aliphatic rings. The molecule has 0 spiro atoms. The SMILES string of the molecule is Cc1ccc2c(C)cc(-c3ccc4c(c3)-c3cc(C)c(C)cc3C35CC(C)(C)CC43CC(C)(C)C5)nc2c1. The first-order chi connectivity index (χ1) is 17.8. The smallest absolute Gasteiger partial charge is 0.0714 e. The van der Waals surface area contributed by atoms with E-state index < -0.39 is 0 Å². The molecule has 1 heterocycles. The van der Waals surface area contributed by atoms with Gasteiger partial charge in [0, 0.05) is 21.8 Å². The first-order valence-electron chi connectivity index (χ1n) is 14.5. The standard InChI is InChI=1S/C37H41N/c1-22-9-11-27-25(4)16-32(38-33(27)13-22)26-10-12-30-29(17-26)28-14-23(2)24(3)15-31(28)37-20-34(5,6)18-36(30,37)19-35(7,8)21-37/h9-17H,18-21H2,1-8H3. The Morgan fingerprint density at radius 2 is 1.18 bits per heavy atom. The zero-order valence-corrected chi connectivity index (χ0v) is 24.5. The van der Waals surface area contributed by atoms with Crippen LogP contribution in [0.5, 0.6) is 0 Å². The normalized spacial score (nSPS) is 26.1. The summed E-state index contributed by atoms with van der Waals surface area (Å²) in [6.07, 6.45) is 5.11. The quantitative estimate of drug-likeness (QED) is 0.254. The van der Waals surface area contributed by atoms with E-state index in [0.29, 0.717) is 10.8 Å². The molecule has 7 rings (SSSR count). The molecule has 4 aromatic rings. The van der Waals surface area contributed by atoms with Gasteiger partial charge in [-0.25, -0.2) is 4.98 Å². The Hall–Kier alpha value is -2.93. The molecule has 1 nitrogen and oxygen atoms in total. The highest BCUT2D eigenvalue weighted by Gasteiger charge is 2.70. The highest BCUT2D eigenvalue weighted by Crippen LogP contribution is 2.76. The Morgan fingerprint density at radius 1 is 0.579 bits per heavy atom. The first kappa shape index (κ1) is 24.1. The molecule has 0 N–H and O–H groups in total. The summed E-state index contributed by atoms with van der Waals surface area (Å²) < 4.78 is 0. The minimum absolute atomic E-state index is 0.201. The van der Waals surface area contributed by atoms with Crippen LogP contribution in [0.15, 0.2) is 54.6 Å². The fourth-order valence-corrected chi connectivity index (χ4v) is 9.53. The van der Waals surface area contributed by atoms with Crippen molar-refractivity contribution in [3.8, 4) is 22.4 Å². The van der Waals surface area contributed by atoms with Gasteiger partial charge in [-0.3, -0.25) is 0 Å². The summed E-state index contributed by atoms with van der Waals surface area (Å²) in [5, 5.41) is 1.25. The number of rotatable bonds is 1. The molecule has 0 unspecified atom stereocenters. The van der Waals surface area contributed by atoms with Crippen LogP contribution in [0.25, 0.3) is 33.3 Å². The van der Waals surface area contributed by atoms with Gasteiger partial charge in [0.05, 0.1) is 11.2 Å². The van der Waals surface area contributed by atoms with E-state index in [0.717, 1.165) is 11.2 Å². The highest BCUT2D eigenvalue weighted by molar-refractivity contribution is 5.88. The van der Waals surface area contributed by atoms with E-state index in [4.69, 9.17) is 4.98 Å². The molecule has 0 bridgehead atoms. The molecule has 3 aromatic carbocycles. The van der Waals surface area contributed by atoms with Gasteiger partial charge < -0.3 is 0 Å². The Bertz CT molecular complexity index is 1640. The number of aromatic nitrogens is 1. The van der Waals surface area contributed by atoms with Gasteiger partial charge in [-0.05, 0) is 127 Å². The van der Waals surface area contributed by atoms with Crippen molar-refractivity contribution in [2.75, 3.05) is 0 Å². The Morgan fingerprint density at radius 3 is 1.87 bits per heavy atom. The summed E-state index contributed by atoms with van der Waals surface area (Å²) in [5.74, 6) is 0. The number of hydrogen-bond acceptors (Lipinski definition) is 1. The van der Waals surface area contributed by atoms with Crippen LogP contribution in [-0.4, -0.2) is 4.98 Å². The number of pyridine rings is 1. The van der Waals surface area contributed by atoms with Gasteiger partial charge in [0.2, 0.25) is 0 Å². The van der Waals surface area contributed by atoms with Crippen molar-refractivity contribution in [2.24, 2.45) is 10.8 Å². The van der Waals surface area contributed by atoms with Gasteiger partial charge in [-0.15, -0.1) is 0 Å². The van der Waals surface area contributed by atoms with Crippen LogP contribution in [0.1, 0.15) is 86.8 Å². The summed E-state index contributed by atoms with van der Waals surface area (Å²) in [6.45, 7) is 19.0. The average molecular weight is 500 g/mol. The maximum atomic E-state index is 5.18. The predicted octanol–water partition coefficient (Wildman–Crippen LogP) is 9.93. The number of fused-ring (bicyclic) bond motifs is 4. The van der Waals surface area contributed by atoms with E-state index in [1.807, 2.05) is 0 Å². The van der Waals surface area contributed by atoms with E-state index >= 15 is 0 Å². The molecule has 0 atom stereocenters. The second-order valence-electron chi connectivity index (χ2n) is 14.8. The second-order valence-corrected chi connectivity index (χ2v) is 14.8. The molecule has 2 saturated carbocycles. The maximum absolute atomic E-state index is 5.18. The molecule has 0 radical (unpaired) electrons. The van der Waals surface area contributed by atoms with E-state index in [-0.39, 0.29) is 10.8 Å². The van der Waals surface area contributed by atoms with Crippen LogP contribution in [0.4, 0.5) is 0 Å². The van der Waals surface area contributed by atoms with Crippen LogP contribution in [0.2, 0.25) is 0 Å². The van der Waals surface area contributed by atoms with Crippen LogP contribution >= 0.6 is 0 Å². The molecule has 38 heavy (non-hydrogen) atoms. The van der Waals surface area contributed by atoms with Crippen LogP contribution in [-0.2, 0) is 10.8 Å². The topological polar surface area (TPSA) is 12.9 Å². The van der Waals surface area contributed by atoms with Crippen LogP contribution < -0.4 is 0 Å². The van der Waals surface area contributed by atoms with E-state index in [9.17, 15) is 0 Å². The van der Waals surface area contributed by atoms with Crippen molar-refractivity contribution in [3.63, 3.8) is 0 Å². The lowest BCUT2D eigenvalue weighted by Crippen LogP contribution is -2.43. The van der Waals surface area contributed by atoms with Gasteiger partial charge in [-0.2, -0.15) is 0 Å². The number of hydrogen-bond donors (Lipinski definition) is 0. The molecule has 1 aromatic heterocycles. The summed E-state index contributed by atoms with van der Waals surface area (Å²) in [5.41, 5.74) is 16.0. The van der Waals surface area contributed by atoms with Crippen LogP contribution in [0, 0.1) is 38.5 Å². The summed E-state index contributed by atoms with van der Waals surface area (Å²) >= 11 is 0. The molecule has 1 heteroatoms. The van der Waals surface area contributed by atoms with Gasteiger partial charge >= 0.3 is 0 Å².